The molecule has 1 aromatic carbocycles. The predicted molar refractivity (Wildman–Crippen MR) is 72.1 cm³/mol. The van der Waals surface area contributed by atoms with Crippen LogP contribution in [0.2, 0.25) is 0 Å². The maximum absolute atomic E-state index is 11.5. The Morgan fingerprint density at radius 3 is 2.39 bits per heavy atom. The van der Waals surface area contributed by atoms with Gasteiger partial charge in [-0.1, -0.05) is 6.92 Å². The topological polar surface area (TPSA) is 78.4 Å². The third-order valence-electron chi connectivity index (χ3n) is 2.36. The normalized spacial score (nSPS) is 11.7. The lowest BCUT2D eigenvalue weighted by Gasteiger charge is -2.13. The van der Waals surface area contributed by atoms with Crippen LogP contribution in [0.1, 0.15) is 13.3 Å². The van der Waals surface area contributed by atoms with Gasteiger partial charge in [0.05, 0.1) is 0 Å². The van der Waals surface area contributed by atoms with Crippen LogP contribution in [-0.4, -0.2) is 29.4 Å². The highest BCUT2D eigenvalue weighted by Gasteiger charge is 2.17. The Morgan fingerprint density at radius 1 is 1.33 bits per heavy atom. The summed E-state index contributed by atoms with van der Waals surface area (Å²) in [7, 11) is 0. The van der Waals surface area contributed by atoms with Crippen molar-refractivity contribution < 1.29 is 14.7 Å². The zero-order valence-corrected chi connectivity index (χ0v) is 11.1. The number of nitrogens with one attached hydrogen (secondary N) is 2. The molecule has 0 spiro atoms. The number of hydrogen-bond donors (Lipinski definition) is 3. The number of amides is 2. The van der Waals surface area contributed by atoms with Crippen LogP contribution in [0, 0.1) is 0 Å². The summed E-state index contributed by atoms with van der Waals surface area (Å²) in [5, 5.41) is 13.8. The van der Waals surface area contributed by atoms with Crippen molar-refractivity contribution in [2.45, 2.75) is 24.3 Å². The monoisotopic (exact) mass is 268 g/mol. The minimum atomic E-state index is -1.04. The first kappa shape index (κ1) is 14.4. The first-order valence-corrected chi connectivity index (χ1v) is 6.73. The van der Waals surface area contributed by atoms with Gasteiger partial charge < -0.3 is 15.7 Å². The van der Waals surface area contributed by atoms with E-state index in [0.717, 1.165) is 4.90 Å². The second-order valence-electron chi connectivity index (χ2n) is 3.63. The van der Waals surface area contributed by atoms with Crippen molar-refractivity contribution in [3.05, 3.63) is 24.3 Å². The number of benzene rings is 1. The van der Waals surface area contributed by atoms with Crippen LogP contribution >= 0.6 is 11.8 Å². The summed E-state index contributed by atoms with van der Waals surface area (Å²) in [6.45, 7) is 1.70. The average molecular weight is 268 g/mol. The predicted octanol–water partition coefficient (Wildman–Crippen LogP) is 2.39. The summed E-state index contributed by atoms with van der Waals surface area (Å²) in [5.41, 5.74) is 0.630. The van der Waals surface area contributed by atoms with Gasteiger partial charge in [0.15, 0.2) is 0 Å². The van der Waals surface area contributed by atoms with Gasteiger partial charge in [-0.3, -0.25) is 0 Å². The molecule has 5 nitrogen and oxygen atoms in total. The minimum absolute atomic E-state index is 0.341. The Morgan fingerprint density at radius 2 is 1.94 bits per heavy atom. The van der Waals surface area contributed by atoms with Gasteiger partial charge in [0.2, 0.25) is 0 Å². The smallest absolute Gasteiger partial charge is 0.326 e. The fourth-order valence-electron chi connectivity index (χ4n) is 1.34. The van der Waals surface area contributed by atoms with Crippen molar-refractivity contribution in [2.24, 2.45) is 0 Å². The molecule has 0 aromatic heterocycles. The van der Waals surface area contributed by atoms with Gasteiger partial charge in [-0.2, -0.15) is 0 Å². The lowest BCUT2D eigenvalue weighted by Crippen LogP contribution is -2.42. The van der Waals surface area contributed by atoms with Gasteiger partial charge in [-0.15, -0.1) is 11.8 Å². The molecule has 0 aliphatic rings. The highest BCUT2D eigenvalue weighted by Crippen LogP contribution is 2.17. The van der Waals surface area contributed by atoms with Crippen LogP contribution in [0.5, 0.6) is 0 Å². The van der Waals surface area contributed by atoms with Crippen LogP contribution in [0.4, 0.5) is 10.5 Å². The summed E-state index contributed by atoms with van der Waals surface area (Å²) < 4.78 is 0. The molecule has 0 saturated heterocycles. The zero-order valence-electron chi connectivity index (χ0n) is 10.3. The molecule has 0 aliphatic carbocycles. The molecule has 3 N–H and O–H groups in total. The van der Waals surface area contributed by atoms with E-state index in [-0.39, 0.29) is 0 Å². The van der Waals surface area contributed by atoms with Crippen molar-refractivity contribution in [3.63, 3.8) is 0 Å². The lowest BCUT2D eigenvalue weighted by atomic mass is 10.2. The molecule has 1 rings (SSSR count). The Balaban J connectivity index is 2.55. The molecule has 6 heteroatoms. The Hall–Kier alpha value is -1.69. The number of thioether (sulfide) groups is 1. The number of anilines is 1. The molecule has 0 fully saturated rings. The van der Waals surface area contributed by atoms with Crippen LogP contribution in [0.25, 0.3) is 0 Å². The molecule has 0 aliphatic heterocycles. The van der Waals surface area contributed by atoms with Crippen LogP contribution < -0.4 is 10.6 Å². The van der Waals surface area contributed by atoms with Crippen molar-refractivity contribution >= 4 is 29.4 Å². The van der Waals surface area contributed by atoms with E-state index in [9.17, 15) is 9.59 Å². The van der Waals surface area contributed by atoms with Crippen molar-refractivity contribution in [3.8, 4) is 0 Å². The lowest BCUT2D eigenvalue weighted by molar-refractivity contribution is -0.139. The minimum Gasteiger partial charge on any atom is -0.480 e. The maximum atomic E-state index is 11.5. The average Bonchev–Trinajstić information content (AvgIpc) is 2.36. The van der Waals surface area contributed by atoms with E-state index < -0.39 is 18.0 Å². The molecular weight excluding hydrogens is 252 g/mol. The second kappa shape index (κ2) is 6.90. The van der Waals surface area contributed by atoms with Crippen molar-refractivity contribution in [2.75, 3.05) is 11.6 Å². The van der Waals surface area contributed by atoms with E-state index in [4.69, 9.17) is 5.11 Å². The van der Waals surface area contributed by atoms with E-state index in [0.29, 0.717) is 12.1 Å². The number of carboxylic acids is 1. The number of carbonyl (C=O) groups is 2. The van der Waals surface area contributed by atoms with Crippen molar-refractivity contribution in [1.82, 2.24) is 5.32 Å². The molecule has 1 aromatic rings. The molecule has 1 atom stereocenters. The van der Waals surface area contributed by atoms with Gasteiger partial charge in [0.25, 0.3) is 0 Å². The number of rotatable bonds is 5. The maximum Gasteiger partial charge on any atom is 0.326 e. The fraction of sp³-hybridized carbons (Fsp3) is 0.333. The zero-order chi connectivity index (χ0) is 13.5. The molecule has 18 heavy (non-hydrogen) atoms. The largest absolute Gasteiger partial charge is 0.480 e. The quantitative estimate of drug-likeness (QED) is 0.716. The highest BCUT2D eigenvalue weighted by molar-refractivity contribution is 7.98. The standard InChI is InChI=1S/C12H16N2O3S/c1-3-10(11(15)16)14-12(17)13-8-4-6-9(18-2)7-5-8/h4-7,10H,3H2,1-2H3,(H,15,16)(H2,13,14,17)/t10-/m0/s1. The Labute approximate surface area is 110 Å². The highest BCUT2D eigenvalue weighted by atomic mass is 32.2. The first-order valence-electron chi connectivity index (χ1n) is 5.51. The molecule has 2 amide bonds. The summed E-state index contributed by atoms with van der Waals surface area (Å²) in [5.74, 6) is -1.04. The van der Waals surface area contributed by atoms with Crippen LogP contribution in [0.15, 0.2) is 29.2 Å². The van der Waals surface area contributed by atoms with E-state index in [2.05, 4.69) is 10.6 Å². The summed E-state index contributed by atoms with van der Waals surface area (Å²) >= 11 is 1.61. The molecule has 98 valence electrons. The Kier molecular flexibility index (Phi) is 5.51. The number of carboxylic acid groups (broad SMARTS) is 1. The van der Waals surface area contributed by atoms with E-state index in [1.165, 1.54) is 0 Å². The molecular formula is C12H16N2O3S. The first-order chi connectivity index (χ1) is 8.56. The SMILES string of the molecule is CC[C@H](NC(=O)Nc1ccc(SC)cc1)C(=O)O. The summed E-state index contributed by atoms with van der Waals surface area (Å²) in [4.78, 5) is 23.4. The third kappa shape index (κ3) is 4.29. The van der Waals surface area contributed by atoms with Gasteiger partial charge in [-0.05, 0) is 36.9 Å². The summed E-state index contributed by atoms with van der Waals surface area (Å²) in [6.07, 6.45) is 2.31. The summed E-state index contributed by atoms with van der Waals surface area (Å²) in [6, 6.07) is 5.93. The number of hydrogen-bond acceptors (Lipinski definition) is 3. The van der Waals surface area contributed by atoms with E-state index in [1.807, 2.05) is 18.4 Å². The molecule has 0 unspecified atom stereocenters. The van der Waals surface area contributed by atoms with E-state index in [1.54, 1.807) is 30.8 Å². The third-order valence-corrected chi connectivity index (χ3v) is 3.10. The van der Waals surface area contributed by atoms with Gasteiger partial charge >= 0.3 is 12.0 Å². The van der Waals surface area contributed by atoms with Crippen LogP contribution in [0.3, 0.4) is 0 Å². The molecule has 0 bridgehead atoms. The van der Waals surface area contributed by atoms with Gasteiger partial charge in [0.1, 0.15) is 6.04 Å². The molecule has 0 radical (unpaired) electrons. The molecule has 0 saturated carbocycles. The number of aliphatic carboxylic acids is 1. The fourth-order valence-corrected chi connectivity index (χ4v) is 1.75. The van der Waals surface area contributed by atoms with Gasteiger partial charge in [0, 0.05) is 10.6 Å². The number of carbonyl (C=O) groups excluding carboxylic acids is 1. The Bertz CT molecular complexity index is 420. The molecule has 0 heterocycles. The van der Waals surface area contributed by atoms with Crippen LogP contribution in [-0.2, 0) is 4.79 Å². The van der Waals surface area contributed by atoms with Gasteiger partial charge in [-0.25, -0.2) is 9.59 Å². The second-order valence-corrected chi connectivity index (χ2v) is 4.51. The van der Waals surface area contributed by atoms with E-state index >= 15 is 0 Å². The van der Waals surface area contributed by atoms with Crippen molar-refractivity contribution in [1.29, 1.82) is 0 Å². The number of urea groups is 1.